The van der Waals surface area contributed by atoms with Crippen molar-refractivity contribution in [2.75, 3.05) is 18.9 Å². The van der Waals surface area contributed by atoms with Crippen LogP contribution in [0.5, 0.6) is 0 Å². The Hall–Kier alpha value is -3.09. The molecule has 1 saturated heterocycles. The number of hydrogen-bond donors (Lipinski definition) is 1. The fourth-order valence-electron chi connectivity index (χ4n) is 6.38. The van der Waals surface area contributed by atoms with E-state index >= 15 is 0 Å². The molecule has 164 valence electrons. The van der Waals surface area contributed by atoms with Crippen molar-refractivity contribution in [3.05, 3.63) is 99.0 Å². The Bertz CT molecular complexity index is 1350. The molecule has 2 aliphatic heterocycles. The van der Waals surface area contributed by atoms with Crippen molar-refractivity contribution in [3.63, 3.8) is 0 Å². The van der Waals surface area contributed by atoms with Crippen LogP contribution in [0.1, 0.15) is 43.3 Å². The lowest BCUT2D eigenvalue weighted by Gasteiger charge is -2.42. The summed E-state index contributed by atoms with van der Waals surface area (Å²) in [6.07, 6.45) is 0. The van der Waals surface area contributed by atoms with E-state index in [0.29, 0.717) is 28.9 Å². The molecule has 1 amide bonds. The second kappa shape index (κ2) is 6.72. The zero-order valence-electron chi connectivity index (χ0n) is 18.2. The third-order valence-corrected chi connectivity index (χ3v) is 8.20. The maximum Gasteiger partial charge on any atom is 0.251 e. The Morgan fingerprint density at radius 1 is 0.939 bits per heavy atom. The first-order valence-corrected chi connectivity index (χ1v) is 11.7. The fourth-order valence-corrected chi connectivity index (χ4v) is 6.64. The predicted octanol–water partition coefficient (Wildman–Crippen LogP) is 4.70. The van der Waals surface area contributed by atoms with Gasteiger partial charge >= 0.3 is 0 Å². The summed E-state index contributed by atoms with van der Waals surface area (Å²) in [4.78, 5) is 44.6. The zero-order chi connectivity index (χ0) is 23.1. The number of likely N-dealkylation sites (tertiary alicyclic amines) is 1. The first kappa shape index (κ1) is 20.5. The Kier molecular flexibility index (Phi) is 4.17. The van der Waals surface area contributed by atoms with E-state index < -0.39 is 16.9 Å². The maximum atomic E-state index is 14.4. The third-order valence-electron chi connectivity index (χ3n) is 7.67. The van der Waals surface area contributed by atoms with Gasteiger partial charge in [-0.15, -0.1) is 0 Å². The minimum Gasteiger partial charge on any atom is -0.324 e. The molecule has 2 heterocycles. The van der Waals surface area contributed by atoms with Crippen LogP contribution in [0.15, 0.2) is 71.2 Å². The van der Waals surface area contributed by atoms with E-state index in [-0.39, 0.29) is 17.5 Å². The largest absolute Gasteiger partial charge is 0.324 e. The van der Waals surface area contributed by atoms with Crippen molar-refractivity contribution in [1.82, 2.24) is 4.90 Å². The molecule has 0 unspecified atom stereocenters. The topological polar surface area (TPSA) is 66.5 Å². The van der Waals surface area contributed by atoms with Gasteiger partial charge in [0.2, 0.25) is 0 Å². The van der Waals surface area contributed by atoms with E-state index in [1.165, 1.54) is 0 Å². The number of carbonyl (C=O) groups excluding carboxylic acids is 3. The number of hydrogen-bond acceptors (Lipinski definition) is 4. The van der Waals surface area contributed by atoms with Gasteiger partial charge in [0.25, 0.3) is 5.91 Å². The minimum absolute atomic E-state index is 0.273. The van der Waals surface area contributed by atoms with Crippen LogP contribution in [0, 0.1) is 12.3 Å². The summed E-state index contributed by atoms with van der Waals surface area (Å²) in [6.45, 7) is 2.35. The van der Waals surface area contributed by atoms with Crippen LogP contribution in [-0.4, -0.2) is 36.0 Å². The molecule has 5 nitrogen and oxygen atoms in total. The Morgan fingerprint density at radius 2 is 1.58 bits per heavy atom. The Labute approximate surface area is 199 Å². The van der Waals surface area contributed by atoms with Crippen molar-refractivity contribution >= 4 is 39.1 Å². The molecule has 6 heteroatoms. The van der Waals surface area contributed by atoms with Gasteiger partial charge in [0, 0.05) is 39.3 Å². The van der Waals surface area contributed by atoms with Gasteiger partial charge < -0.3 is 5.32 Å². The summed E-state index contributed by atoms with van der Waals surface area (Å²) >= 11 is 3.48. The van der Waals surface area contributed by atoms with Gasteiger partial charge in [-0.3, -0.25) is 19.3 Å². The predicted molar refractivity (Wildman–Crippen MR) is 129 cm³/mol. The van der Waals surface area contributed by atoms with Gasteiger partial charge in [-0.1, -0.05) is 70.0 Å². The smallest absolute Gasteiger partial charge is 0.251 e. The normalized spacial score (nSPS) is 25.1. The number of halogens is 1. The number of Topliss-reactive ketones (excluding diaryl/α,β-unsaturated/α-hetero) is 2. The first-order chi connectivity index (χ1) is 15.8. The summed E-state index contributed by atoms with van der Waals surface area (Å²) in [5.41, 5.74) is 0.957. The lowest BCUT2D eigenvalue weighted by Crippen LogP contribution is -2.60. The van der Waals surface area contributed by atoms with Crippen LogP contribution in [0.4, 0.5) is 5.69 Å². The van der Waals surface area contributed by atoms with Crippen molar-refractivity contribution in [3.8, 4) is 0 Å². The molecule has 0 saturated carbocycles. The fraction of sp³-hybridized carbons (Fsp3) is 0.222. The lowest BCUT2D eigenvalue weighted by molar-refractivity contribution is -0.128. The highest BCUT2D eigenvalue weighted by atomic mass is 79.9. The molecule has 1 aliphatic carbocycles. The maximum absolute atomic E-state index is 14.4. The van der Waals surface area contributed by atoms with E-state index in [4.69, 9.17) is 0 Å². The second-order valence-corrected chi connectivity index (χ2v) is 10.1. The van der Waals surface area contributed by atoms with Crippen LogP contribution in [0.2, 0.25) is 0 Å². The average Bonchev–Trinajstić information content (AvgIpc) is 3.34. The Morgan fingerprint density at radius 3 is 2.21 bits per heavy atom. The molecule has 6 rings (SSSR count). The zero-order valence-corrected chi connectivity index (χ0v) is 19.8. The number of nitrogens with zero attached hydrogens (tertiary/aromatic N) is 1. The summed E-state index contributed by atoms with van der Waals surface area (Å²) in [5, 5.41) is 3.00. The second-order valence-electron chi connectivity index (χ2n) is 9.21. The molecule has 3 aromatic rings. The van der Waals surface area contributed by atoms with E-state index in [0.717, 1.165) is 15.6 Å². The number of carbonyl (C=O) groups is 3. The van der Waals surface area contributed by atoms with E-state index in [1.54, 1.807) is 24.3 Å². The standard InChI is InChI=1S/C27H21BrN2O3/c1-15-7-12-22-20(13-15)27(25(33)29-22)26(23(31)18-5-3-4-6-19(18)24(26)32)21(14-30(27)2)16-8-10-17(28)11-9-16/h3-13,21H,14H2,1-2H3,(H,29,33)/t21-,27-/m1/s1. The quantitative estimate of drug-likeness (QED) is 0.491. The molecular formula is C27H21BrN2O3. The van der Waals surface area contributed by atoms with Gasteiger partial charge in [0.15, 0.2) is 11.6 Å². The number of anilines is 1. The van der Waals surface area contributed by atoms with Crippen molar-refractivity contribution in [2.45, 2.75) is 18.4 Å². The molecule has 3 aliphatic rings. The van der Waals surface area contributed by atoms with Crippen LogP contribution >= 0.6 is 15.9 Å². The van der Waals surface area contributed by atoms with Crippen LogP contribution < -0.4 is 5.32 Å². The number of aryl methyl sites for hydroxylation is 1. The number of amides is 1. The SMILES string of the molecule is Cc1ccc2c(c1)[C@]1(C(=O)N2)N(C)C[C@H](c2ccc(Br)cc2)C12C(=O)c1ccccc1C2=O. The lowest BCUT2D eigenvalue weighted by atomic mass is 9.58. The average molecular weight is 501 g/mol. The number of likely N-dealkylation sites (N-methyl/N-ethyl adjacent to an activating group) is 1. The highest BCUT2D eigenvalue weighted by molar-refractivity contribution is 9.10. The Balaban J connectivity index is 1.73. The first-order valence-electron chi connectivity index (χ1n) is 10.9. The van der Waals surface area contributed by atoms with Crippen LogP contribution in [-0.2, 0) is 10.3 Å². The third kappa shape index (κ3) is 2.28. The van der Waals surface area contributed by atoms with Crippen LogP contribution in [0.3, 0.4) is 0 Å². The molecule has 0 aromatic heterocycles. The number of rotatable bonds is 1. The molecule has 1 fully saturated rings. The summed E-state index contributed by atoms with van der Waals surface area (Å²) in [7, 11) is 1.85. The molecule has 2 atom stereocenters. The van der Waals surface area contributed by atoms with E-state index in [9.17, 15) is 14.4 Å². The summed E-state index contributed by atoms with van der Waals surface area (Å²) < 4.78 is 0.910. The molecule has 0 radical (unpaired) electrons. The van der Waals surface area contributed by atoms with E-state index in [1.807, 2.05) is 61.3 Å². The van der Waals surface area contributed by atoms with Gasteiger partial charge in [-0.2, -0.15) is 0 Å². The van der Waals surface area contributed by atoms with Gasteiger partial charge in [-0.05, 0) is 37.7 Å². The van der Waals surface area contributed by atoms with Gasteiger partial charge in [0.05, 0.1) is 0 Å². The molecule has 2 spiro atoms. The van der Waals surface area contributed by atoms with Gasteiger partial charge in [-0.25, -0.2) is 0 Å². The van der Waals surface area contributed by atoms with Crippen molar-refractivity contribution in [1.29, 1.82) is 0 Å². The molecule has 1 N–H and O–H groups in total. The summed E-state index contributed by atoms with van der Waals surface area (Å²) in [5.74, 6) is -1.35. The van der Waals surface area contributed by atoms with Gasteiger partial charge in [0.1, 0.15) is 11.0 Å². The highest BCUT2D eigenvalue weighted by Gasteiger charge is 2.78. The molecular weight excluding hydrogens is 480 g/mol. The number of ketones is 2. The summed E-state index contributed by atoms with van der Waals surface area (Å²) in [6, 6.07) is 20.4. The highest BCUT2D eigenvalue weighted by Crippen LogP contribution is 2.66. The molecule has 3 aromatic carbocycles. The monoisotopic (exact) mass is 500 g/mol. The number of nitrogens with one attached hydrogen (secondary N) is 1. The van der Waals surface area contributed by atoms with E-state index in [2.05, 4.69) is 21.2 Å². The number of benzene rings is 3. The number of fused-ring (bicyclic) bond motifs is 4. The minimum atomic E-state index is -1.59. The molecule has 33 heavy (non-hydrogen) atoms. The molecule has 0 bridgehead atoms. The van der Waals surface area contributed by atoms with Crippen molar-refractivity contribution in [2.24, 2.45) is 5.41 Å². The van der Waals surface area contributed by atoms with Crippen LogP contribution in [0.25, 0.3) is 0 Å². The van der Waals surface area contributed by atoms with Crippen molar-refractivity contribution < 1.29 is 14.4 Å².